The van der Waals surface area contributed by atoms with Gasteiger partial charge in [0.05, 0.1) is 26.3 Å². The molecule has 5 aromatic rings. The SMILES string of the molecule is [2H]C(NC(=O)Cc1ccc2oc(C(CO)c3cc[n+]([O-])cc3)cc2c1)(c1ccccc1)c1ccc(C)cc1C. The number of aryl methyl sites for hydroxylation is 2. The Morgan fingerprint density at radius 3 is 2.47 bits per heavy atom. The molecule has 0 aliphatic rings. The zero-order valence-electron chi connectivity index (χ0n) is 22.3. The number of furan rings is 1. The van der Waals surface area contributed by atoms with E-state index in [9.17, 15) is 16.5 Å². The van der Waals surface area contributed by atoms with Crippen LogP contribution >= 0.6 is 0 Å². The molecule has 2 atom stereocenters. The average Bonchev–Trinajstić information content (AvgIpc) is 3.33. The molecule has 3 aromatic carbocycles. The number of nitrogens with one attached hydrogen (secondary N) is 1. The van der Waals surface area contributed by atoms with Crippen molar-refractivity contribution >= 4 is 16.9 Å². The number of aliphatic hydroxyl groups excluding tert-OH is 1. The van der Waals surface area contributed by atoms with Crippen LogP contribution in [0.25, 0.3) is 11.0 Å². The lowest BCUT2D eigenvalue weighted by atomic mass is 9.93. The van der Waals surface area contributed by atoms with Crippen LogP contribution in [0.4, 0.5) is 0 Å². The predicted octanol–water partition coefficient (Wildman–Crippen LogP) is 5.26. The maximum Gasteiger partial charge on any atom is 0.225 e. The Morgan fingerprint density at radius 2 is 1.76 bits per heavy atom. The lowest BCUT2D eigenvalue weighted by Gasteiger charge is -2.22. The highest BCUT2D eigenvalue weighted by molar-refractivity contribution is 5.83. The smallest absolute Gasteiger partial charge is 0.225 e. The van der Waals surface area contributed by atoms with Crippen molar-refractivity contribution < 1.29 is 20.4 Å². The summed E-state index contributed by atoms with van der Waals surface area (Å²) in [5.74, 6) is -0.125. The number of nitrogens with zero attached hydrogens (tertiary/aromatic N) is 1. The van der Waals surface area contributed by atoms with Crippen LogP contribution in [0.15, 0.2) is 102 Å². The topological polar surface area (TPSA) is 89.4 Å². The molecule has 1 amide bonds. The maximum absolute atomic E-state index is 13.3. The summed E-state index contributed by atoms with van der Waals surface area (Å²) in [4.78, 5) is 13.3. The van der Waals surface area contributed by atoms with E-state index < -0.39 is 11.9 Å². The molecule has 2 N–H and O–H groups in total. The molecule has 6 heteroatoms. The van der Waals surface area contributed by atoms with Gasteiger partial charge in [-0.05, 0) is 59.9 Å². The molecule has 0 saturated carbocycles. The van der Waals surface area contributed by atoms with E-state index in [1.165, 1.54) is 12.4 Å². The van der Waals surface area contributed by atoms with Crippen LogP contribution in [0.5, 0.6) is 0 Å². The Balaban J connectivity index is 1.40. The summed E-state index contributed by atoms with van der Waals surface area (Å²) in [6, 6.07) is 24.5. The molecule has 0 radical (unpaired) electrons. The minimum Gasteiger partial charge on any atom is -0.619 e. The predicted molar refractivity (Wildman–Crippen MR) is 147 cm³/mol. The third-order valence-electron chi connectivity index (χ3n) is 6.70. The minimum absolute atomic E-state index is 0.0838. The molecule has 2 heterocycles. The number of aromatic nitrogens is 1. The van der Waals surface area contributed by atoms with Gasteiger partial charge in [0.15, 0.2) is 12.4 Å². The Morgan fingerprint density at radius 1 is 1.00 bits per heavy atom. The summed E-state index contributed by atoms with van der Waals surface area (Å²) in [5, 5.41) is 25.2. The van der Waals surface area contributed by atoms with Gasteiger partial charge in [0, 0.05) is 17.5 Å². The number of pyridine rings is 1. The highest BCUT2D eigenvalue weighted by Gasteiger charge is 2.21. The Labute approximate surface area is 223 Å². The van der Waals surface area contributed by atoms with Gasteiger partial charge in [0.25, 0.3) is 0 Å². The van der Waals surface area contributed by atoms with Crippen molar-refractivity contribution in [3.63, 3.8) is 0 Å². The lowest BCUT2D eigenvalue weighted by Crippen LogP contribution is -2.31. The van der Waals surface area contributed by atoms with Gasteiger partial charge in [0.1, 0.15) is 11.3 Å². The molecule has 6 nitrogen and oxygen atoms in total. The summed E-state index contributed by atoms with van der Waals surface area (Å²) < 4.78 is 16.1. The third-order valence-corrected chi connectivity index (χ3v) is 6.70. The first-order valence-electron chi connectivity index (χ1n) is 13.0. The number of amides is 1. The van der Waals surface area contributed by atoms with Crippen LogP contribution in [-0.2, 0) is 11.2 Å². The molecule has 0 bridgehead atoms. The van der Waals surface area contributed by atoms with Gasteiger partial charge >= 0.3 is 0 Å². The van der Waals surface area contributed by atoms with Crippen molar-refractivity contribution in [3.05, 3.63) is 142 Å². The van der Waals surface area contributed by atoms with E-state index in [2.05, 4.69) is 5.32 Å². The van der Waals surface area contributed by atoms with E-state index in [1.54, 1.807) is 12.1 Å². The number of hydrogen-bond donors (Lipinski definition) is 2. The zero-order chi connectivity index (χ0) is 27.6. The van der Waals surface area contributed by atoms with Gasteiger partial charge in [-0.1, -0.05) is 60.2 Å². The Kier molecular flexibility index (Phi) is 6.87. The standard InChI is InChI=1S/C32H30N2O4/c1-21-8-10-27(22(2)16-21)32(25-6-4-3-5-7-25)33-31(36)18-23-9-11-29-26(17-23)19-30(38-29)28(20-35)24-12-14-34(37)15-13-24/h3-17,19,28,32,35H,18,20H2,1-2H3,(H,33,36)/i32D. The van der Waals surface area contributed by atoms with E-state index in [4.69, 9.17) is 4.42 Å². The highest BCUT2D eigenvalue weighted by Crippen LogP contribution is 2.30. The molecule has 5 rings (SSSR count). The second-order valence-electron chi connectivity index (χ2n) is 9.53. The van der Waals surface area contributed by atoms with Crippen molar-refractivity contribution in [1.29, 1.82) is 0 Å². The van der Waals surface area contributed by atoms with Gasteiger partial charge in [-0.2, -0.15) is 4.73 Å². The van der Waals surface area contributed by atoms with Crippen LogP contribution in [0.3, 0.4) is 0 Å². The van der Waals surface area contributed by atoms with E-state index in [0.29, 0.717) is 21.6 Å². The first-order chi connectivity index (χ1) is 18.8. The molecule has 192 valence electrons. The van der Waals surface area contributed by atoms with Crippen LogP contribution in [-0.4, -0.2) is 17.6 Å². The molecular formula is C32H30N2O4. The molecule has 0 fully saturated rings. The van der Waals surface area contributed by atoms with Gasteiger partial charge < -0.3 is 20.0 Å². The largest absolute Gasteiger partial charge is 0.619 e. The number of rotatable bonds is 8. The average molecular weight is 508 g/mol. The van der Waals surface area contributed by atoms with Crippen LogP contribution in [0, 0.1) is 19.1 Å². The van der Waals surface area contributed by atoms with Crippen molar-refractivity contribution in [2.75, 3.05) is 6.61 Å². The zero-order valence-corrected chi connectivity index (χ0v) is 21.3. The summed E-state index contributed by atoms with van der Waals surface area (Å²) in [7, 11) is 0. The van der Waals surface area contributed by atoms with E-state index in [-0.39, 0.29) is 18.9 Å². The second kappa shape index (κ2) is 10.9. The molecule has 2 unspecified atom stereocenters. The fourth-order valence-corrected chi connectivity index (χ4v) is 4.77. The number of fused-ring (bicyclic) bond motifs is 1. The summed E-state index contributed by atoms with van der Waals surface area (Å²) in [6.45, 7) is 3.78. The third kappa shape index (κ3) is 5.45. The molecule has 0 spiro atoms. The Bertz CT molecular complexity index is 1620. The molecular weight excluding hydrogens is 476 g/mol. The molecule has 2 aromatic heterocycles. The highest BCUT2D eigenvalue weighted by atomic mass is 16.5. The van der Waals surface area contributed by atoms with Gasteiger partial charge in [0.2, 0.25) is 5.91 Å². The summed E-state index contributed by atoms with van der Waals surface area (Å²) in [5.41, 5.74) is 5.61. The number of benzene rings is 3. The van der Waals surface area contributed by atoms with E-state index in [0.717, 1.165) is 33.2 Å². The summed E-state index contributed by atoms with van der Waals surface area (Å²) in [6.07, 6.45) is 2.86. The fraction of sp³-hybridized carbons (Fsp3) is 0.188. The van der Waals surface area contributed by atoms with Gasteiger partial charge in [-0.25, -0.2) is 0 Å². The number of carbonyl (C=O) groups excluding carboxylic acids is 1. The summed E-state index contributed by atoms with van der Waals surface area (Å²) >= 11 is 0. The van der Waals surface area contributed by atoms with Crippen LogP contribution in [0.1, 0.15) is 52.4 Å². The van der Waals surface area contributed by atoms with Crippen LogP contribution < -0.4 is 10.0 Å². The van der Waals surface area contributed by atoms with Crippen LogP contribution in [0.2, 0.25) is 0 Å². The number of carbonyl (C=O) groups is 1. The van der Waals surface area contributed by atoms with Gasteiger partial charge in [-0.3, -0.25) is 4.79 Å². The molecule has 0 aliphatic carbocycles. The first kappa shape index (κ1) is 23.9. The first-order valence-corrected chi connectivity index (χ1v) is 12.5. The minimum atomic E-state index is -1.45. The quantitative estimate of drug-likeness (QED) is 0.222. The lowest BCUT2D eigenvalue weighted by molar-refractivity contribution is -0.605. The van der Waals surface area contributed by atoms with E-state index in [1.807, 2.05) is 86.6 Å². The van der Waals surface area contributed by atoms with Crippen molar-refractivity contribution in [2.45, 2.75) is 32.2 Å². The molecule has 0 aliphatic heterocycles. The monoisotopic (exact) mass is 507 g/mol. The molecule has 0 saturated heterocycles. The fourth-order valence-electron chi connectivity index (χ4n) is 4.77. The van der Waals surface area contributed by atoms with E-state index >= 15 is 0 Å². The van der Waals surface area contributed by atoms with Gasteiger partial charge in [-0.15, -0.1) is 0 Å². The number of aliphatic hydroxyl groups is 1. The van der Waals surface area contributed by atoms with Crippen molar-refractivity contribution in [1.82, 2.24) is 5.32 Å². The maximum atomic E-state index is 13.3. The number of hydrogen-bond acceptors (Lipinski definition) is 4. The normalized spacial score (nSPS) is 14.0. The van der Waals surface area contributed by atoms with Crippen molar-refractivity contribution in [2.24, 2.45) is 0 Å². The second-order valence-corrected chi connectivity index (χ2v) is 9.53. The Hall–Kier alpha value is -4.42. The molecule has 38 heavy (non-hydrogen) atoms. The van der Waals surface area contributed by atoms with Crippen molar-refractivity contribution in [3.8, 4) is 0 Å².